The molecule has 0 bridgehead atoms. The highest BCUT2D eigenvalue weighted by atomic mass is 15.4. The lowest BCUT2D eigenvalue weighted by molar-refractivity contribution is 0.341. The molecule has 0 radical (unpaired) electrons. The molecule has 0 rings (SSSR count). The minimum Gasteiger partial charge on any atom is -0.300 e. The number of hydrogen-bond donors (Lipinski definition) is 0. The van der Waals surface area contributed by atoms with Crippen molar-refractivity contribution < 1.29 is 0 Å². The zero-order valence-electron chi connectivity index (χ0n) is 10.3. The number of hydrogen-bond acceptors (Lipinski definition) is 2. The van der Waals surface area contributed by atoms with Crippen LogP contribution in [0, 0.1) is 5.92 Å². The van der Waals surface area contributed by atoms with Crippen molar-refractivity contribution in [1.82, 2.24) is 5.01 Å². The molecule has 2 heteroatoms. The molecule has 2 nitrogen and oxygen atoms in total. The van der Waals surface area contributed by atoms with E-state index in [4.69, 9.17) is 0 Å². The zero-order valence-corrected chi connectivity index (χ0v) is 10.3. The molecule has 0 aliphatic heterocycles. The van der Waals surface area contributed by atoms with Crippen LogP contribution in [0.15, 0.2) is 5.10 Å². The van der Waals surface area contributed by atoms with E-state index in [1.807, 2.05) is 11.2 Å². The SMILES string of the molecule is CCCCCCCN(C)/N=C\C(C)C. The van der Waals surface area contributed by atoms with Gasteiger partial charge in [0.1, 0.15) is 0 Å². The fourth-order valence-electron chi connectivity index (χ4n) is 1.25. The van der Waals surface area contributed by atoms with Crippen LogP contribution in [0.3, 0.4) is 0 Å². The van der Waals surface area contributed by atoms with Gasteiger partial charge in [-0.25, -0.2) is 0 Å². The van der Waals surface area contributed by atoms with Crippen LogP contribution in [0.1, 0.15) is 52.9 Å². The summed E-state index contributed by atoms with van der Waals surface area (Å²) in [6, 6.07) is 0. The molecule has 0 heterocycles. The van der Waals surface area contributed by atoms with E-state index in [1.54, 1.807) is 0 Å². The maximum atomic E-state index is 4.35. The number of nitrogens with zero attached hydrogens (tertiary/aromatic N) is 2. The second-order valence-electron chi connectivity index (χ2n) is 4.30. The monoisotopic (exact) mass is 198 g/mol. The second-order valence-corrected chi connectivity index (χ2v) is 4.30. The zero-order chi connectivity index (χ0) is 10.8. The van der Waals surface area contributed by atoms with E-state index in [9.17, 15) is 0 Å². The van der Waals surface area contributed by atoms with Crippen molar-refractivity contribution >= 4 is 6.21 Å². The van der Waals surface area contributed by atoms with Crippen molar-refractivity contribution in [2.75, 3.05) is 13.6 Å². The Balaban J connectivity index is 3.31. The van der Waals surface area contributed by atoms with Crippen LogP contribution < -0.4 is 0 Å². The van der Waals surface area contributed by atoms with E-state index in [2.05, 4.69) is 32.9 Å². The molecule has 0 N–H and O–H groups in total. The first kappa shape index (κ1) is 13.5. The average Bonchev–Trinajstić information content (AvgIpc) is 2.14. The average molecular weight is 198 g/mol. The van der Waals surface area contributed by atoms with Gasteiger partial charge in [0.15, 0.2) is 0 Å². The van der Waals surface area contributed by atoms with Crippen molar-refractivity contribution in [2.24, 2.45) is 11.0 Å². The minimum atomic E-state index is 0.553. The Labute approximate surface area is 89.4 Å². The van der Waals surface area contributed by atoms with E-state index in [-0.39, 0.29) is 0 Å². The summed E-state index contributed by atoms with van der Waals surface area (Å²) in [4.78, 5) is 0. The van der Waals surface area contributed by atoms with Crippen LogP contribution in [-0.4, -0.2) is 24.8 Å². The number of unbranched alkanes of at least 4 members (excludes halogenated alkanes) is 4. The molecule has 0 fully saturated rings. The van der Waals surface area contributed by atoms with Gasteiger partial charge >= 0.3 is 0 Å². The third-order valence-electron chi connectivity index (χ3n) is 2.15. The lowest BCUT2D eigenvalue weighted by Gasteiger charge is -2.12. The van der Waals surface area contributed by atoms with E-state index in [0.29, 0.717) is 5.92 Å². The molecular weight excluding hydrogens is 172 g/mol. The van der Waals surface area contributed by atoms with Gasteiger partial charge in [-0.3, -0.25) is 0 Å². The smallest absolute Gasteiger partial charge is 0.0356 e. The van der Waals surface area contributed by atoms with Gasteiger partial charge in [-0.2, -0.15) is 5.10 Å². The fraction of sp³-hybridized carbons (Fsp3) is 0.917. The maximum Gasteiger partial charge on any atom is 0.0356 e. The van der Waals surface area contributed by atoms with Crippen molar-refractivity contribution in [3.63, 3.8) is 0 Å². The summed E-state index contributed by atoms with van der Waals surface area (Å²) < 4.78 is 0. The summed E-state index contributed by atoms with van der Waals surface area (Å²) in [6.45, 7) is 7.64. The summed E-state index contributed by atoms with van der Waals surface area (Å²) in [5.41, 5.74) is 0. The quantitative estimate of drug-likeness (QED) is 0.331. The molecule has 0 aromatic rings. The molecule has 0 unspecified atom stereocenters. The van der Waals surface area contributed by atoms with Crippen LogP contribution in [0.2, 0.25) is 0 Å². The molecule has 0 saturated heterocycles. The first-order valence-corrected chi connectivity index (χ1v) is 5.92. The van der Waals surface area contributed by atoms with Crippen LogP contribution in [0.4, 0.5) is 0 Å². The number of hydrazone groups is 1. The van der Waals surface area contributed by atoms with Gasteiger partial charge in [-0.05, 0) is 12.3 Å². The normalized spacial score (nSPS) is 11.5. The summed E-state index contributed by atoms with van der Waals surface area (Å²) in [7, 11) is 2.05. The number of rotatable bonds is 8. The highest BCUT2D eigenvalue weighted by Crippen LogP contribution is 2.03. The van der Waals surface area contributed by atoms with Gasteiger partial charge in [-0.1, -0.05) is 46.5 Å². The van der Waals surface area contributed by atoms with Crippen LogP contribution in [-0.2, 0) is 0 Å². The first-order valence-electron chi connectivity index (χ1n) is 5.92. The molecule has 0 spiro atoms. The van der Waals surface area contributed by atoms with Gasteiger partial charge in [0.25, 0.3) is 0 Å². The second kappa shape index (κ2) is 9.04. The van der Waals surface area contributed by atoms with Crippen molar-refractivity contribution in [2.45, 2.75) is 52.9 Å². The Morgan fingerprint density at radius 1 is 1.14 bits per heavy atom. The van der Waals surface area contributed by atoms with E-state index in [1.165, 1.54) is 32.1 Å². The standard InChI is InChI=1S/C12H26N2/c1-5-6-7-8-9-10-14(4)13-11-12(2)3/h11-12H,5-10H2,1-4H3/b13-11-. The Morgan fingerprint density at radius 2 is 1.79 bits per heavy atom. The van der Waals surface area contributed by atoms with Crippen molar-refractivity contribution in [3.05, 3.63) is 0 Å². The van der Waals surface area contributed by atoms with E-state index >= 15 is 0 Å². The fourth-order valence-corrected chi connectivity index (χ4v) is 1.25. The van der Waals surface area contributed by atoms with E-state index in [0.717, 1.165) is 6.54 Å². The Morgan fingerprint density at radius 3 is 2.36 bits per heavy atom. The molecule has 84 valence electrons. The van der Waals surface area contributed by atoms with Gasteiger partial charge in [0.05, 0.1) is 0 Å². The molecule has 0 aliphatic rings. The lowest BCUT2D eigenvalue weighted by atomic mass is 10.1. The topological polar surface area (TPSA) is 15.6 Å². The van der Waals surface area contributed by atoms with E-state index < -0.39 is 0 Å². The van der Waals surface area contributed by atoms with Crippen LogP contribution >= 0.6 is 0 Å². The lowest BCUT2D eigenvalue weighted by Crippen LogP contribution is -2.13. The highest BCUT2D eigenvalue weighted by molar-refractivity contribution is 5.59. The largest absolute Gasteiger partial charge is 0.300 e. The molecule has 0 aromatic carbocycles. The Hall–Kier alpha value is -0.530. The Kier molecular flexibility index (Phi) is 8.70. The third kappa shape index (κ3) is 9.56. The highest BCUT2D eigenvalue weighted by Gasteiger charge is 1.93. The molecule has 14 heavy (non-hydrogen) atoms. The molecule has 0 aromatic heterocycles. The van der Waals surface area contributed by atoms with Gasteiger partial charge in [0.2, 0.25) is 0 Å². The molecule has 0 aliphatic carbocycles. The summed E-state index contributed by atoms with van der Waals surface area (Å²) in [5, 5.41) is 6.40. The molecule has 0 atom stereocenters. The third-order valence-corrected chi connectivity index (χ3v) is 2.15. The predicted molar refractivity (Wildman–Crippen MR) is 64.7 cm³/mol. The molecular formula is C12H26N2. The minimum absolute atomic E-state index is 0.553. The van der Waals surface area contributed by atoms with Crippen LogP contribution in [0.5, 0.6) is 0 Å². The van der Waals surface area contributed by atoms with Crippen molar-refractivity contribution in [1.29, 1.82) is 0 Å². The molecule has 0 amide bonds. The summed E-state index contributed by atoms with van der Waals surface area (Å²) in [5.74, 6) is 0.553. The van der Waals surface area contributed by atoms with Crippen molar-refractivity contribution in [3.8, 4) is 0 Å². The van der Waals surface area contributed by atoms with Gasteiger partial charge in [-0.15, -0.1) is 0 Å². The predicted octanol–water partition coefficient (Wildman–Crippen LogP) is 3.53. The van der Waals surface area contributed by atoms with Crippen LogP contribution in [0.25, 0.3) is 0 Å². The summed E-state index contributed by atoms with van der Waals surface area (Å²) >= 11 is 0. The van der Waals surface area contributed by atoms with Gasteiger partial charge < -0.3 is 5.01 Å². The van der Waals surface area contributed by atoms with Gasteiger partial charge in [0, 0.05) is 19.8 Å². The summed E-state index contributed by atoms with van der Waals surface area (Å²) in [6.07, 6.45) is 8.69. The Bertz CT molecular complexity index is 141. The molecule has 0 saturated carbocycles. The first-order chi connectivity index (χ1) is 6.66. The maximum absolute atomic E-state index is 4.35.